The van der Waals surface area contributed by atoms with Crippen molar-refractivity contribution in [2.24, 2.45) is 5.41 Å². The summed E-state index contributed by atoms with van der Waals surface area (Å²) >= 11 is 0. The van der Waals surface area contributed by atoms with Crippen LogP contribution < -0.4 is 10.1 Å². The van der Waals surface area contributed by atoms with Crippen LogP contribution in [0.15, 0.2) is 48.7 Å². The molecule has 4 rings (SSSR count). The number of hydrogen-bond acceptors (Lipinski definition) is 4. The predicted octanol–water partition coefficient (Wildman–Crippen LogP) is 4.71. The first kappa shape index (κ1) is 21.5. The van der Waals surface area contributed by atoms with E-state index in [2.05, 4.69) is 24.3 Å². The lowest BCUT2D eigenvalue weighted by Crippen LogP contribution is -2.33. The van der Waals surface area contributed by atoms with Gasteiger partial charge >= 0.3 is 0 Å². The summed E-state index contributed by atoms with van der Waals surface area (Å²) in [4.78, 5) is 0. The third kappa shape index (κ3) is 4.65. The van der Waals surface area contributed by atoms with Gasteiger partial charge in [-0.3, -0.25) is 0 Å². The summed E-state index contributed by atoms with van der Waals surface area (Å²) in [6, 6.07) is 12.7. The number of aliphatic hydroxyl groups is 1. The largest absolute Gasteiger partial charge is 0.494 e. The van der Waals surface area contributed by atoms with Gasteiger partial charge in [-0.25, -0.2) is 9.07 Å². The van der Waals surface area contributed by atoms with Gasteiger partial charge in [-0.05, 0) is 61.1 Å². The lowest BCUT2D eigenvalue weighted by molar-refractivity contribution is 0.252. The Hall–Kier alpha value is -2.70. The fourth-order valence-corrected chi connectivity index (χ4v) is 4.46. The molecule has 1 aliphatic rings. The maximum atomic E-state index is 13.8. The molecule has 0 saturated heterocycles. The monoisotopic (exact) mass is 423 g/mol. The Labute approximate surface area is 182 Å². The topological polar surface area (TPSA) is 59.3 Å². The summed E-state index contributed by atoms with van der Waals surface area (Å²) < 4.78 is 21.2. The van der Waals surface area contributed by atoms with Crippen molar-refractivity contribution in [1.82, 2.24) is 15.1 Å². The van der Waals surface area contributed by atoms with Gasteiger partial charge in [0.1, 0.15) is 11.6 Å². The van der Waals surface area contributed by atoms with Gasteiger partial charge in [0, 0.05) is 29.4 Å². The number of hydrogen-bond donors (Lipinski definition) is 2. The highest BCUT2D eigenvalue weighted by atomic mass is 19.1. The number of fused-ring (bicyclic) bond motifs is 1. The number of nitrogens with zero attached hydrogens (tertiary/aromatic N) is 2. The molecule has 0 bridgehead atoms. The maximum absolute atomic E-state index is 13.8. The third-order valence-corrected chi connectivity index (χ3v) is 5.88. The average Bonchev–Trinajstić information content (AvgIpc) is 3.15. The van der Waals surface area contributed by atoms with Crippen molar-refractivity contribution < 1.29 is 14.2 Å². The second kappa shape index (κ2) is 8.81. The lowest BCUT2D eigenvalue weighted by atomic mass is 9.74. The number of halogens is 1. The quantitative estimate of drug-likeness (QED) is 0.578. The van der Waals surface area contributed by atoms with Crippen LogP contribution in [0.3, 0.4) is 0 Å². The molecule has 2 aromatic carbocycles. The molecule has 0 aliphatic heterocycles. The van der Waals surface area contributed by atoms with E-state index < -0.39 is 0 Å². The standard InChI is InChI=1S/C25H30FN3O2/c1-4-31-24-9-8-17(10-18(24)16-30)14-27-22-12-25(2,3)13-23-21(22)15-28-29(23)20-7-5-6-19(26)11-20/h5-11,15,22,27,30H,4,12-14,16H2,1-3H3/t22-/m0/s1. The second-order valence-corrected chi connectivity index (χ2v) is 8.95. The summed E-state index contributed by atoms with van der Waals surface area (Å²) in [6.45, 7) is 7.64. The number of aromatic nitrogens is 2. The minimum Gasteiger partial charge on any atom is -0.494 e. The van der Waals surface area contributed by atoms with E-state index in [0.29, 0.717) is 13.2 Å². The van der Waals surface area contributed by atoms with Crippen molar-refractivity contribution in [2.45, 2.75) is 52.8 Å². The molecule has 0 saturated carbocycles. The van der Waals surface area contributed by atoms with E-state index >= 15 is 0 Å². The van der Waals surface area contributed by atoms with E-state index in [-0.39, 0.29) is 23.9 Å². The molecule has 0 unspecified atom stereocenters. The van der Waals surface area contributed by atoms with E-state index in [0.717, 1.165) is 46.7 Å². The molecule has 1 aliphatic carbocycles. The second-order valence-electron chi connectivity index (χ2n) is 8.95. The average molecular weight is 424 g/mol. The van der Waals surface area contributed by atoms with Gasteiger partial charge in [-0.1, -0.05) is 26.0 Å². The van der Waals surface area contributed by atoms with E-state index in [1.807, 2.05) is 42.1 Å². The van der Waals surface area contributed by atoms with Crippen LogP contribution in [0.1, 0.15) is 55.6 Å². The molecule has 2 N–H and O–H groups in total. The highest BCUT2D eigenvalue weighted by Crippen LogP contribution is 2.41. The minimum atomic E-state index is -0.262. The predicted molar refractivity (Wildman–Crippen MR) is 119 cm³/mol. The zero-order valence-electron chi connectivity index (χ0n) is 18.4. The van der Waals surface area contributed by atoms with Crippen molar-refractivity contribution in [1.29, 1.82) is 0 Å². The number of rotatable bonds is 7. The van der Waals surface area contributed by atoms with E-state index in [4.69, 9.17) is 4.74 Å². The van der Waals surface area contributed by atoms with Gasteiger partial charge in [-0.15, -0.1) is 0 Å². The van der Waals surface area contributed by atoms with Crippen LogP contribution in [0.25, 0.3) is 5.69 Å². The van der Waals surface area contributed by atoms with Crippen molar-refractivity contribution >= 4 is 0 Å². The van der Waals surface area contributed by atoms with E-state index in [1.165, 1.54) is 12.1 Å². The smallest absolute Gasteiger partial charge is 0.125 e. The highest BCUT2D eigenvalue weighted by Gasteiger charge is 2.35. The summed E-state index contributed by atoms with van der Waals surface area (Å²) in [5, 5.41) is 18.0. The van der Waals surface area contributed by atoms with Crippen LogP contribution in [0.2, 0.25) is 0 Å². The maximum Gasteiger partial charge on any atom is 0.125 e. The van der Waals surface area contributed by atoms with Gasteiger partial charge in [0.25, 0.3) is 0 Å². The molecule has 6 heteroatoms. The highest BCUT2D eigenvalue weighted by molar-refractivity contribution is 5.39. The fraction of sp³-hybridized carbons (Fsp3) is 0.400. The normalized spacial score (nSPS) is 17.4. The summed E-state index contributed by atoms with van der Waals surface area (Å²) in [6.07, 6.45) is 3.78. The van der Waals surface area contributed by atoms with Crippen LogP contribution in [-0.2, 0) is 19.6 Å². The van der Waals surface area contributed by atoms with Crippen LogP contribution >= 0.6 is 0 Å². The number of aliphatic hydroxyl groups excluding tert-OH is 1. The van der Waals surface area contributed by atoms with Crippen molar-refractivity contribution in [3.63, 3.8) is 0 Å². The zero-order chi connectivity index (χ0) is 22.0. The van der Waals surface area contributed by atoms with Crippen molar-refractivity contribution in [3.05, 3.63) is 76.9 Å². The minimum absolute atomic E-state index is 0.0514. The molecule has 0 amide bonds. The number of benzene rings is 2. The molecule has 1 atom stereocenters. The van der Waals surface area contributed by atoms with Crippen LogP contribution in [-0.4, -0.2) is 21.5 Å². The first-order valence-corrected chi connectivity index (χ1v) is 10.8. The van der Waals surface area contributed by atoms with Crippen molar-refractivity contribution in [3.8, 4) is 11.4 Å². The number of ether oxygens (including phenoxy) is 1. The third-order valence-electron chi connectivity index (χ3n) is 5.88. The SMILES string of the molecule is CCOc1ccc(CN[C@H]2CC(C)(C)Cc3c2cnn3-c2cccc(F)c2)cc1CO. The molecule has 1 aromatic heterocycles. The molecule has 0 fully saturated rings. The Morgan fingerprint density at radius 1 is 1.26 bits per heavy atom. The molecule has 3 aromatic rings. The summed E-state index contributed by atoms with van der Waals surface area (Å²) in [5.74, 6) is 0.466. The summed E-state index contributed by atoms with van der Waals surface area (Å²) in [7, 11) is 0. The van der Waals surface area contributed by atoms with E-state index in [9.17, 15) is 9.50 Å². The summed E-state index contributed by atoms with van der Waals surface area (Å²) in [5.41, 5.74) is 5.01. The van der Waals surface area contributed by atoms with Crippen LogP contribution in [0.4, 0.5) is 4.39 Å². The first-order valence-electron chi connectivity index (χ1n) is 10.8. The molecule has 1 heterocycles. The van der Waals surface area contributed by atoms with Crippen LogP contribution in [0, 0.1) is 11.2 Å². The Bertz CT molecular complexity index is 1060. The van der Waals surface area contributed by atoms with Crippen molar-refractivity contribution in [2.75, 3.05) is 6.61 Å². The number of nitrogens with one attached hydrogen (secondary N) is 1. The molecular weight excluding hydrogens is 393 g/mol. The van der Waals surface area contributed by atoms with Gasteiger partial charge in [-0.2, -0.15) is 5.10 Å². The Morgan fingerprint density at radius 2 is 2.10 bits per heavy atom. The Morgan fingerprint density at radius 3 is 2.84 bits per heavy atom. The van der Waals surface area contributed by atoms with Gasteiger partial charge in [0.05, 0.1) is 25.1 Å². The lowest BCUT2D eigenvalue weighted by Gasteiger charge is -2.36. The van der Waals surface area contributed by atoms with E-state index in [1.54, 1.807) is 6.07 Å². The zero-order valence-corrected chi connectivity index (χ0v) is 18.4. The van der Waals surface area contributed by atoms with Crippen LogP contribution in [0.5, 0.6) is 5.75 Å². The first-order chi connectivity index (χ1) is 14.9. The van der Waals surface area contributed by atoms with Gasteiger partial charge < -0.3 is 15.2 Å². The molecule has 5 nitrogen and oxygen atoms in total. The fourth-order valence-electron chi connectivity index (χ4n) is 4.46. The molecular formula is C25H30FN3O2. The molecule has 164 valence electrons. The molecule has 0 radical (unpaired) electrons. The van der Waals surface area contributed by atoms with Gasteiger partial charge in [0.15, 0.2) is 0 Å². The Balaban J connectivity index is 1.58. The van der Waals surface area contributed by atoms with Gasteiger partial charge in [0.2, 0.25) is 0 Å². The Kier molecular flexibility index (Phi) is 6.12. The molecule has 0 spiro atoms. The molecule has 31 heavy (non-hydrogen) atoms.